The van der Waals surface area contributed by atoms with E-state index < -0.39 is 5.97 Å². The quantitative estimate of drug-likeness (QED) is 0.872. The van der Waals surface area contributed by atoms with Gasteiger partial charge in [-0.25, -0.2) is 19.7 Å². The average Bonchev–Trinajstić information content (AvgIpc) is 2.34. The van der Waals surface area contributed by atoms with Crippen molar-refractivity contribution in [2.45, 2.75) is 17.1 Å². The minimum Gasteiger partial charge on any atom is -0.478 e. The van der Waals surface area contributed by atoms with Crippen LogP contribution in [0.25, 0.3) is 0 Å². The number of aromatic carboxylic acids is 1. The molecule has 0 aromatic carbocycles. The Kier molecular flexibility index (Phi) is 3.78. The number of carbonyl (C=O) groups is 1. The van der Waals surface area contributed by atoms with Crippen LogP contribution in [0.1, 0.15) is 15.9 Å². The number of pyridine rings is 1. The van der Waals surface area contributed by atoms with Gasteiger partial charge in [-0.1, -0.05) is 11.6 Å². The van der Waals surface area contributed by atoms with E-state index in [1.807, 2.05) is 6.92 Å². The van der Waals surface area contributed by atoms with Crippen molar-refractivity contribution >= 4 is 29.3 Å². The van der Waals surface area contributed by atoms with Crippen molar-refractivity contribution in [1.82, 2.24) is 15.0 Å². The summed E-state index contributed by atoms with van der Waals surface area (Å²) in [5, 5.41) is 9.88. The largest absolute Gasteiger partial charge is 0.478 e. The first-order chi connectivity index (χ1) is 8.58. The first-order valence-electron chi connectivity index (χ1n) is 4.92. The van der Waals surface area contributed by atoms with Gasteiger partial charge in [0.15, 0.2) is 5.16 Å². The van der Waals surface area contributed by atoms with Crippen molar-refractivity contribution < 1.29 is 9.90 Å². The minimum atomic E-state index is -1.09. The van der Waals surface area contributed by atoms with E-state index in [0.29, 0.717) is 10.2 Å². The number of rotatable bonds is 3. The van der Waals surface area contributed by atoms with Crippen LogP contribution in [0.15, 0.2) is 34.8 Å². The molecule has 0 spiro atoms. The Balaban J connectivity index is 2.32. The molecule has 0 aliphatic heterocycles. The number of carboxylic acid groups (broad SMARTS) is 1. The summed E-state index contributed by atoms with van der Waals surface area (Å²) >= 11 is 7.09. The molecule has 2 rings (SSSR count). The Bertz CT molecular complexity index is 589. The lowest BCUT2D eigenvalue weighted by molar-refractivity contribution is 0.0696. The molecule has 0 saturated carbocycles. The fraction of sp³-hybridized carbons (Fsp3) is 0.0909. The van der Waals surface area contributed by atoms with Gasteiger partial charge in [0.2, 0.25) is 0 Å². The predicted molar refractivity (Wildman–Crippen MR) is 67.1 cm³/mol. The van der Waals surface area contributed by atoms with E-state index in [-0.39, 0.29) is 10.6 Å². The number of nitrogens with zero attached hydrogens (tertiary/aromatic N) is 3. The molecule has 0 bridgehead atoms. The van der Waals surface area contributed by atoms with Crippen LogP contribution in [0.3, 0.4) is 0 Å². The number of hydrogen-bond donors (Lipinski definition) is 1. The SMILES string of the molecule is Cc1cnc(Sc2nccc(C(=O)O)c2Cl)nc1. The molecule has 0 aliphatic rings. The summed E-state index contributed by atoms with van der Waals surface area (Å²) in [4.78, 5) is 23.1. The van der Waals surface area contributed by atoms with Gasteiger partial charge in [-0.15, -0.1) is 0 Å². The molecule has 92 valence electrons. The minimum absolute atomic E-state index is 0.0151. The fourth-order valence-electron chi connectivity index (χ4n) is 1.18. The summed E-state index contributed by atoms with van der Waals surface area (Å²) in [5.41, 5.74) is 0.957. The summed E-state index contributed by atoms with van der Waals surface area (Å²) < 4.78 is 0. The highest BCUT2D eigenvalue weighted by Gasteiger charge is 2.14. The van der Waals surface area contributed by atoms with E-state index >= 15 is 0 Å². The number of carboxylic acids is 1. The van der Waals surface area contributed by atoms with E-state index in [2.05, 4.69) is 15.0 Å². The summed E-state index contributed by atoms with van der Waals surface area (Å²) in [5.74, 6) is -1.09. The first kappa shape index (κ1) is 12.8. The van der Waals surface area contributed by atoms with Crippen molar-refractivity contribution in [3.8, 4) is 0 Å². The Morgan fingerprint density at radius 1 is 1.33 bits per heavy atom. The van der Waals surface area contributed by atoms with Crippen molar-refractivity contribution in [3.05, 3.63) is 40.8 Å². The summed E-state index contributed by atoms with van der Waals surface area (Å²) in [6.45, 7) is 1.88. The van der Waals surface area contributed by atoms with E-state index in [4.69, 9.17) is 16.7 Å². The third-order valence-corrected chi connectivity index (χ3v) is 3.42. The normalized spacial score (nSPS) is 10.3. The molecule has 7 heteroatoms. The zero-order valence-corrected chi connectivity index (χ0v) is 10.9. The second-order valence-corrected chi connectivity index (χ2v) is 4.76. The zero-order valence-electron chi connectivity index (χ0n) is 9.29. The molecule has 0 aliphatic carbocycles. The summed E-state index contributed by atoms with van der Waals surface area (Å²) in [6, 6.07) is 1.35. The summed E-state index contributed by atoms with van der Waals surface area (Å²) in [6.07, 6.45) is 4.74. The smallest absolute Gasteiger partial charge is 0.337 e. The molecule has 2 aromatic heterocycles. The van der Waals surface area contributed by atoms with Crippen LogP contribution < -0.4 is 0 Å². The monoisotopic (exact) mass is 281 g/mol. The highest BCUT2D eigenvalue weighted by molar-refractivity contribution is 7.99. The van der Waals surface area contributed by atoms with E-state index in [1.165, 1.54) is 12.3 Å². The number of aryl methyl sites for hydroxylation is 1. The van der Waals surface area contributed by atoms with Crippen molar-refractivity contribution in [2.24, 2.45) is 0 Å². The van der Waals surface area contributed by atoms with Crippen LogP contribution in [0.4, 0.5) is 0 Å². The number of hydrogen-bond acceptors (Lipinski definition) is 5. The molecule has 2 aromatic rings. The van der Waals surface area contributed by atoms with Gasteiger partial charge < -0.3 is 5.11 Å². The molecular formula is C11H8ClN3O2S. The topological polar surface area (TPSA) is 76.0 Å². The highest BCUT2D eigenvalue weighted by atomic mass is 35.5. The van der Waals surface area contributed by atoms with E-state index in [0.717, 1.165) is 17.3 Å². The number of aromatic nitrogens is 3. The maximum absolute atomic E-state index is 10.9. The van der Waals surface area contributed by atoms with Crippen LogP contribution in [0, 0.1) is 6.92 Å². The van der Waals surface area contributed by atoms with Gasteiger partial charge >= 0.3 is 5.97 Å². The van der Waals surface area contributed by atoms with Crippen LogP contribution in [-0.2, 0) is 0 Å². The van der Waals surface area contributed by atoms with Crippen LogP contribution in [0.5, 0.6) is 0 Å². The van der Waals surface area contributed by atoms with E-state index in [1.54, 1.807) is 12.4 Å². The molecule has 0 saturated heterocycles. The lowest BCUT2D eigenvalue weighted by Gasteiger charge is -2.04. The van der Waals surface area contributed by atoms with Crippen molar-refractivity contribution in [1.29, 1.82) is 0 Å². The molecule has 1 N–H and O–H groups in total. The Morgan fingerprint density at radius 2 is 2.00 bits per heavy atom. The Hall–Kier alpha value is -1.66. The Labute approximate surface area is 112 Å². The average molecular weight is 282 g/mol. The van der Waals surface area contributed by atoms with Crippen LogP contribution in [0.2, 0.25) is 5.02 Å². The molecular weight excluding hydrogens is 274 g/mol. The standard InChI is InChI=1S/C11H8ClN3O2S/c1-6-4-14-11(15-5-6)18-9-8(12)7(10(16)17)2-3-13-9/h2-5H,1H3,(H,16,17). The fourth-order valence-corrected chi connectivity index (χ4v) is 2.19. The van der Waals surface area contributed by atoms with Gasteiger partial charge in [0, 0.05) is 18.6 Å². The van der Waals surface area contributed by atoms with Crippen LogP contribution >= 0.6 is 23.4 Å². The molecule has 0 radical (unpaired) electrons. The van der Waals surface area contributed by atoms with Crippen molar-refractivity contribution in [3.63, 3.8) is 0 Å². The molecule has 0 fully saturated rings. The predicted octanol–water partition coefficient (Wildman–Crippen LogP) is 2.68. The van der Waals surface area contributed by atoms with Crippen LogP contribution in [-0.4, -0.2) is 26.0 Å². The first-order valence-corrected chi connectivity index (χ1v) is 6.11. The molecule has 0 atom stereocenters. The lowest BCUT2D eigenvalue weighted by atomic mass is 10.3. The van der Waals surface area contributed by atoms with Crippen molar-refractivity contribution in [2.75, 3.05) is 0 Å². The second-order valence-electron chi connectivity index (χ2n) is 3.43. The third-order valence-electron chi connectivity index (χ3n) is 2.03. The lowest BCUT2D eigenvalue weighted by Crippen LogP contribution is -1.99. The highest BCUT2D eigenvalue weighted by Crippen LogP contribution is 2.31. The molecule has 2 heterocycles. The van der Waals surface area contributed by atoms with Gasteiger partial charge in [0.1, 0.15) is 5.03 Å². The zero-order chi connectivity index (χ0) is 13.1. The van der Waals surface area contributed by atoms with Gasteiger partial charge in [0.05, 0.1) is 10.6 Å². The van der Waals surface area contributed by atoms with Gasteiger partial charge in [-0.3, -0.25) is 0 Å². The molecule has 0 unspecified atom stereocenters. The van der Waals surface area contributed by atoms with Gasteiger partial charge in [-0.2, -0.15) is 0 Å². The number of halogens is 1. The Morgan fingerprint density at radius 3 is 2.61 bits per heavy atom. The molecule has 0 amide bonds. The van der Waals surface area contributed by atoms with Gasteiger partial charge in [0.25, 0.3) is 0 Å². The van der Waals surface area contributed by atoms with Gasteiger partial charge in [-0.05, 0) is 30.3 Å². The maximum Gasteiger partial charge on any atom is 0.337 e. The second kappa shape index (κ2) is 5.32. The molecule has 18 heavy (non-hydrogen) atoms. The summed E-state index contributed by atoms with van der Waals surface area (Å²) in [7, 11) is 0. The maximum atomic E-state index is 10.9. The van der Waals surface area contributed by atoms with E-state index in [9.17, 15) is 4.79 Å². The molecule has 5 nitrogen and oxygen atoms in total. The third kappa shape index (κ3) is 2.77.